The summed E-state index contributed by atoms with van der Waals surface area (Å²) in [6, 6.07) is 0. The first-order valence-electron chi connectivity index (χ1n) is 11.1. The van der Waals surface area contributed by atoms with Crippen molar-refractivity contribution in [1.29, 1.82) is 0 Å². The standard InChI is InChI=1S/C22H49N2/c1-6-7-8-9-10-11-12-13-14-15-16-17-18-19-20-24(4,5)23-21-22(2)3/h22-23H,6-21H2,1-5H3/q+1. The van der Waals surface area contributed by atoms with Crippen molar-refractivity contribution in [2.75, 3.05) is 27.2 Å². The van der Waals surface area contributed by atoms with Gasteiger partial charge in [0, 0.05) is 6.54 Å². The highest BCUT2D eigenvalue weighted by Crippen LogP contribution is 2.13. The Kier molecular flexibility index (Phi) is 16.3. The number of hydrogen-bond donors (Lipinski definition) is 1. The highest BCUT2D eigenvalue weighted by atomic mass is 15.6. The van der Waals surface area contributed by atoms with E-state index in [2.05, 4.69) is 40.3 Å². The van der Waals surface area contributed by atoms with Gasteiger partial charge in [-0.05, 0) is 18.8 Å². The van der Waals surface area contributed by atoms with Crippen LogP contribution in [0.5, 0.6) is 0 Å². The number of quaternary nitrogens is 1. The van der Waals surface area contributed by atoms with Gasteiger partial charge in [-0.2, -0.15) is 5.43 Å². The highest BCUT2D eigenvalue weighted by molar-refractivity contribution is 4.49. The summed E-state index contributed by atoms with van der Waals surface area (Å²) in [7, 11) is 4.59. The van der Waals surface area contributed by atoms with Crippen LogP contribution in [0.15, 0.2) is 0 Å². The number of nitrogens with zero attached hydrogens (tertiary/aromatic N) is 1. The van der Waals surface area contributed by atoms with Crippen molar-refractivity contribution in [1.82, 2.24) is 5.43 Å². The van der Waals surface area contributed by atoms with E-state index in [0.717, 1.165) is 17.1 Å². The quantitative estimate of drug-likeness (QED) is 0.166. The van der Waals surface area contributed by atoms with Crippen LogP contribution in [-0.2, 0) is 0 Å². The molecular formula is C22H49N2+. The van der Waals surface area contributed by atoms with Crippen molar-refractivity contribution in [2.45, 2.75) is 111 Å². The number of hydrogen-bond acceptors (Lipinski definition) is 1. The number of rotatable bonds is 18. The summed E-state index contributed by atoms with van der Waals surface area (Å²) in [5.41, 5.74) is 3.64. The van der Waals surface area contributed by atoms with Gasteiger partial charge in [0.1, 0.15) is 0 Å². The normalized spacial score (nSPS) is 12.2. The summed E-state index contributed by atoms with van der Waals surface area (Å²) in [5.74, 6) is 0.735. The van der Waals surface area contributed by atoms with E-state index in [1.165, 1.54) is 96.4 Å². The molecule has 0 saturated carbocycles. The molecule has 0 aliphatic carbocycles. The molecule has 0 aliphatic heterocycles. The second-order valence-corrected chi connectivity index (χ2v) is 8.76. The first-order chi connectivity index (χ1) is 11.5. The Morgan fingerprint density at radius 3 is 1.38 bits per heavy atom. The minimum Gasteiger partial charge on any atom is -0.251 e. The fourth-order valence-corrected chi connectivity index (χ4v) is 3.21. The van der Waals surface area contributed by atoms with Crippen molar-refractivity contribution >= 4 is 0 Å². The number of nitrogens with one attached hydrogen (secondary N) is 1. The average Bonchev–Trinajstić information content (AvgIpc) is 2.53. The van der Waals surface area contributed by atoms with E-state index < -0.39 is 0 Å². The zero-order valence-electron chi connectivity index (χ0n) is 17.8. The van der Waals surface area contributed by atoms with Gasteiger partial charge in [-0.3, -0.25) is 4.59 Å². The Bertz CT molecular complexity index is 248. The first kappa shape index (κ1) is 23.9. The molecule has 0 saturated heterocycles. The zero-order chi connectivity index (χ0) is 18.1. The molecule has 2 heteroatoms. The Morgan fingerprint density at radius 1 is 0.625 bits per heavy atom. The predicted octanol–water partition coefficient (Wildman–Crippen LogP) is 6.70. The summed E-state index contributed by atoms with van der Waals surface area (Å²) < 4.78 is 0.969. The third kappa shape index (κ3) is 18.3. The first-order valence-corrected chi connectivity index (χ1v) is 11.1. The molecule has 0 unspecified atom stereocenters. The summed E-state index contributed by atoms with van der Waals surface area (Å²) in [6.07, 6.45) is 20.2. The lowest BCUT2D eigenvalue weighted by atomic mass is 10.0. The molecule has 0 radical (unpaired) electrons. The van der Waals surface area contributed by atoms with Crippen LogP contribution in [0, 0.1) is 5.92 Å². The smallest absolute Gasteiger partial charge is 0.0957 e. The molecule has 0 rings (SSSR count). The molecule has 0 spiro atoms. The maximum Gasteiger partial charge on any atom is 0.0957 e. The summed E-state index contributed by atoms with van der Waals surface area (Å²) in [4.78, 5) is 0. The molecule has 0 aromatic carbocycles. The molecule has 0 amide bonds. The van der Waals surface area contributed by atoms with Gasteiger partial charge in [0.05, 0.1) is 20.6 Å². The van der Waals surface area contributed by atoms with Gasteiger partial charge >= 0.3 is 0 Å². The average molecular weight is 342 g/mol. The Hall–Kier alpha value is -0.0800. The predicted molar refractivity (Wildman–Crippen MR) is 110 cm³/mol. The lowest BCUT2D eigenvalue weighted by Gasteiger charge is -2.30. The van der Waals surface area contributed by atoms with E-state index in [9.17, 15) is 0 Å². The van der Waals surface area contributed by atoms with Crippen LogP contribution < -0.4 is 5.43 Å². The topological polar surface area (TPSA) is 12.0 Å². The fraction of sp³-hybridized carbons (Fsp3) is 1.00. The molecule has 0 aliphatic rings. The molecule has 0 fully saturated rings. The van der Waals surface area contributed by atoms with E-state index in [1.807, 2.05) is 0 Å². The van der Waals surface area contributed by atoms with Gasteiger partial charge in [-0.25, -0.2) is 0 Å². The second kappa shape index (κ2) is 16.4. The maximum absolute atomic E-state index is 3.64. The van der Waals surface area contributed by atoms with E-state index >= 15 is 0 Å². The molecule has 146 valence electrons. The lowest BCUT2D eigenvalue weighted by Crippen LogP contribution is -2.53. The van der Waals surface area contributed by atoms with Crippen molar-refractivity contribution in [2.24, 2.45) is 5.92 Å². The van der Waals surface area contributed by atoms with Gasteiger partial charge in [-0.15, -0.1) is 0 Å². The SMILES string of the molecule is CCCCCCCCCCCCCCCC[N+](C)(C)NCC(C)C. The largest absolute Gasteiger partial charge is 0.251 e. The highest BCUT2D eigenvalue weighted by Gasteiger charge is 2.14. The van der Waals surface area contributed by atoms with Gasteiger partial charge in [0.2, 0.25) is 0 Å². The van der Waals surface area contributed by atoms with E-state index in [-0.39, 0.29) is 0 Å². The van der Waals surface area contributed by atoms with Crippen molar-refractivity contribution in [3.05, 3.63) is 0 Å². The molecule has 0 aromatic heterocycles. The van der Waals surface area contributed by atoms with Crippen LogP contribution in [-0.4, -0.2) is 31.8 Å². The van der Waals surface area contributed by atoms with Gasteiger partial charge in [0.25, 0.3) is 0 Å². The van der Waals surface area contributed by atoms with E-state index in [0.29, 0.717) is 0 Å². The molecule has 1 N–H and O–H groups in total. The summed E-state index contributed by atoms with van der Waals surface area (Å²) in [5, 5.41) is 0. The third-order valence-corrected chi connectivity index (χ3v) is 5.00. The monoisotopic (exact) mass is 341 g/mol. The third-order valence-electron chi connectivity index (χ3n) is 5.00. The minimum absolute atomic E-state index is 0.735. The molecule has 0 aromatic rings. The van der Waals surface area contributed by atoms with Crippen LogP contribution in [0.3, 0.4) is 0 Å². The molecule has 2 nitrogen and oxygen atoms in total. The Morgan fingerprint density at radius 2 is 1.00 bits per heavy atom. The van der Waals surface area contributed by atoms with Crippen molar-refractivity contribution in [3.63, 3.8) is 0 Å². The van der Waals surface area contributed by atoms with Crippen molar-refractivity contribution in [3.8, 4) is 0 Å². The molecule has 24 heavy (non-hydrogen) atoms. The van der Waals surface area contributed by atoms with Gasteiger partial charge in [-0.1, -0.05) is 97.8 Å². The van der Waals surface area contributed by atoms with Crippen LogP contribution >= 0.6 is 0 Å². The van der Waals surface area contributed by atoms with Gasteiger partial charge in [0.15, 0.2) is 0 Å². The fourth-order valence-electron chi connectivity index (χ4n) is 3.21. The molecule has 0 heterocycles. The van der Waals surface area contributed by atoms with Crippen LogP contribution in [0.4, 0.5) is 0 Å². The van der Waals surface area contributed by atoms with E-state index in [1.54, 1.807) is 0 Å². The van der Waals surface area contributed by atoms with Crippen molar-refractivity contribution < 1.29 is 4.59 Å². The van der Waals surface area contributed by atoms with Crippen LogP contribution in [0.2, 0.25) is 0 Å². The Labute approximate surface area is 154 Å². The maximum atomic E-state index is 3.64. The minimum atomic E-state index is 0.735. The molecule has 0 bridgehead atoms. The summed E-state index contributed by atoms with van der Waals surface area (Å²) >= 11 is 0. The lowest BCUT2D eigenvalue weighted by molar-refractivity contribution is -0.934. The van der Waals surface area contributed by atoms with Gasteiger partial charge < -0.3 is 0 Å². The zero-order valence-corrected chi connectivity index (χ0v) is 17.8. The summed E-state index contributed by atoms with van der Waals surface area (Å²) in [6.45, 7) is 9.22. The van der Waals surface area contributed by atoms with E-state index in [4.69, 9.17) is 0 Å². The number of unbranched alkanes of at least 4 members (excludes halogenated alkanes) is 13. The van der Waals surface area contributed by atoms with Crippen LogP contribution in [0.1, 0.15) is 111 Å². The Balaban J connectivity index is 3.22. The van der Waals surface area contributed by atoms with Crippen LogP contribution in [0.25, 0.3) is 0 Å². The second-order valence-electron chi connectivity index (χ2n) is 8.76. The molecular weight excluding hydrogens is 292 g/mol. The molecule has 0 atom stereocenters.